The molecule has 0 radical (unpaired) electrons. The van der Waals surface area contributed by atoms with E-state index in [9.17, 15) is 9.18 Å². The first-order valence-corrected chi connectivity index (χ1v) is 13.5. The van der Waals surface area contributed by atoms with Gasteiger partial charge in [0.25, 0.3) is 0 Å². The minimum absolute atomic E-state index is 0.0170. The Kier molecular flexibility index (Phi) is 6.60. The molecule has 4 nitrogen and oxygen atoms in total. The van der Waals surface area contributed by atoms with E-state index in [1.807, 2.05) is 12.1 Å². The summed E-state index contributed by atoms with van der Waals surface area (Å²) >= 11 is 1.66. The predicted molar refractivity (Wildman–Crippen MR) is 130 cm³/mol. The molecule has 0 N–H and O–H groups in total. The van der Waals surface area contributed by atoms with E-state index in [1.165, 1.54) is 12.5 Å². The number of benzene rings is 1. The molecule has 2 aromatic rings. The standard InChI is InChI=1S/C27H36FN2O2S/c1-27(25-9-6-18-33-25,29-13-3-2-4-14-29)26(31)32-24-20-30(16-11-22(24)12-17-30)15-10-21-7-5-8-23(28)19-21/h5-9,18-19,22,24H,2-4,10-17,20H2,1H3/q+1/t22?,24-,27?,30?/m0/s1. The summed E-state index contributed by atoms with van der Waals surface area (Å²) in [6.45, 7) is 8.13. The largest absolute Gasteiger partial charge is 0.454 e. The van der Waals surface area contributed by atoms with E-state index < -0.39 is 5.54 Å². The van der Waals surface area contributed by atoms with Crippen LogP contribution in [-0.4, -0.2) is 60.7 Å². The van der Waals surface area contributed by atoms with Crippen molar-refractivity contribution in [3.8, 4) is 0 Å². The van der Waals surface area contributed by atoms with Crippen molar-refractivity contribution in [2.24, 2.45) is 5.92 Å². The average molecular weight is 472 g/mol. The second-order valence-electron chi connectivity index (χ2n) is 10.5. The van der Waals surface area contributed by atoms with Crippen molar-refractivity contribution in [3.05, 3.63) is 58.0 Å². The molecule has 4 aliphatic rings. The van der Waals surface area contributed by atoms with E-state index >= 15 is 0 Å². The van der Waals surface area contributed by atoms with Gasteiger partial charge in [-0.2, -0.15) is 0 Å². The van der Waals surface area contributed by atoms with Crippen molar-refractivity contribution in [1.29, 1.82) is 0 Å². The van der Waals surface area contributed by atoms with E-state index in [-0.39, 0.29) is 17.9 Å². The molecule has 1 unspecified atom stereocenters. The van der Waals surface area contributed by atoms with Crippen LogP contribution in [0.15, 0.2) is 41.8 Å². The van der Waals surface area contributed by atoms with Gasteiger partial charge >= 0.3 is 5.97 Å². The van der Waals surface area contributed by atoms with Crippen LogP contribution in [0.3, 0.4) is 0 Å². The Morgan fingerprint density at radius 1 is 1.18 bits per heavy atom. The second-order valence-corrected chi connectivity index (χ2v) is 11.4. The first-order chi connectivity index (χ1) is 16.0. The van der Waals surface area contributed by atoms with Crippen molar-refractivity contribution >= 4 is 17.3 Å². The number of piperidine rings is 4. The molecule has 33 heavy (non-hydrogen) atoms. The van der Waals surface area contributed by atoms with Crippen LogP contribution >= 0.6 is 11.3 Å². The zero-order valence-corrected chi connectivity index (χ0v) is 20.5. The number of likely N-dealkylation sites (tertiary alicyclic amines) is 1. The van der Waals surface area contributed by atoms with Gasteiger partial charge in [0.05, 0.1) is 19.6 Å². The molecular formula is C27H36FN2O2S+. The number of quaternary nitrogens is 1. The van der Waals surface area contributed by atoms with Gasteiger partial charge in [-0.1, -0.05) is 24.6 Å². The van der Waals surface area contributed by atoms with Crippen molar-refractivity contribution in [2.45, 2.75) is 57.1 Å². The molecule has 1 aromatic carbocycles. The van der Waals surface area contributed by atoms with Crippen LogP contribution in [0.4, 0.5) is 4.39 Å². The molecule has 4 fully saturated rings. The topological polar surface area (TPSA) is 29.5 Å². The Hall–Kier alpha value is -1.76. The highest BCUT2D eigenvalue weighted by Crippen LogP contribution is 2.39. The number of nitrogens with zero attached hydrogens (tertiary/aromatic N) is 2. The number of ether oxygens (including phenoxy) is 1. The Balaban J connectivity index is 1.30. The van der Waals surface area contributed by atoms with Crippen molar-refractivity contribution in [3.63, 3.8) is 0 Å². The summed E-state index contributed by atoms with van der Waals surface area (Å²) in [5.74, 6) is 0.230. The number of halogens is 1. The quantitative estimate of drug-likeness (QED) is 0.421. The third kappa shape index (κ3) is 4.62. The Morgan fingerprint density at radius 3 is 2.67 bits per heavy atom. The molecule has 6 heteroatoms. The first-order valence-electron chi connectivity index (χ1n) is 12.6. The Labute approximate surface area is 200 Å². The van der Waals surface area contributed by atoms with Crippen molar-refractivity contribution in [2.75, 3.05) is 39.3 Å². The van der Waals surface area contributed by atoms with Crippen LogP contribution < -0.4 is 0 Å². The third-order valence-electron chi connectivity index (χ3n) is 8.45. The molecule has 2 atom stereocenters. The molecule has 5 heterocycles. The Bertz CT molecular complexity index is 951. The number of fused-ring (bicyclic) bond motifs is 3. The van der Waals surface area contributed by atoms with Gasteiger partial charge in [0.15, 0.2) is 11.6 Å². The summed E-state index contributed by atoms with van der Waals surface area (Å²) in [5, 5.41) is 2.06. The van der Waals surface area contributed by atoms with E-state index in [0.29, 0.717) is 5.92 Å². The highest BCUT2D eigenvalue weighted by Gasteiger charge is 2.50. The highest BCUT2D eigenvalue weighted by atomic mass is 32.1. The first kappa shape index (κ1) is 23.0. The van der Waals surface area contributed by atoms with E-state index in [4.69, 9.17) is 4.74 Å². The molecule has 0 aliphatic carbocycles. The number of hydrogen-bond donors (Lipinski definition) is 0. The van der Waals surface area contributed by atoms with Gasteiger partial charge in [0.1, 0.15) is 12.4 Å². The zero-order valence-electron chi connectivity index (χ0n) is 19.7. The highest BCUT2D eigenvalue weighted by molar-refractivity contribution is 7.10. The fourth-order valence-electron chi connectivity index (χ4n) is 6.26. The van der Waals surface area contributed by atoms with Crippen LogP contribution in [0.25, 0.3) is 0 Å². The van der Waals surface area contributed by atoms with Gasteiger partial charge in [-0.3, -0.25) is 4.90 Å². The molecule has 0 saturated carbocycles. The lowest BCUT2D eigenvalue weighted by atomic mass is 9.82. The normalized spacial score (nSPS) is 29.5. The second kappa shape index (κ2) is 9.47. The average Bonchev–Trinajstić information content (AvgIpc) is 3.39. The fraction of sp³-hybridized carbons (Fsp3) is 0.593. The van der Waals surface area contributed by atoms with Gasteiger partial charge in [0.2, 0.25) is 0 Å². The third-order valence-corrected chi connectivity index (χ3v) is 9.53. The lowest BCUT2D eigenvalue weighted by molar-refractivity contribution is -0.946. The van der Waals surface area contributed by atoms with Gasteiger partial charge in [-0.15, -0.1) is 11.3 Å². The van der Waals surface area contributed by atoms with Gasteiger partial charge < -0.3 is 9.22 Å². The number of rotatable bonds is 7. The summed E-state index contributed by atoms with van der Waals surface area (Å²) in [6, 6.07) is 11.1. The number of carbonyl (C=O) groups excluding carboxylic acids is 1. The lowest BCUT2D eigenvalue weighted by Gasteiger charge is -2.52. The summed E-state index contributed by atoms with van der Waals surface area (Å²) in [4.78, 5) is 17.3. The molecule has 0 amide bonds. The molecule has 2 bridgehead atoms. The molecule has 4 aliphatic heterocycles. The van der Waals surface area contributed by atoms with Gasteiger partial charge in [-0.05, 0) is 62.0 Å². The molecule has 6 rings (SSSR count). The van der Waals surface area contributed by atoms with Crippen LogP contribution in [0.5, 0.6) is 0 Å². The van der Waals surface area contributed by atoms with E-state index in [2.05, 4.69) is 23.3 Å². The maximum absolute atomic E-state index is 13.8. The molecule has 4 saturated heterocycles. The number of carbonyl (C=O) groups is 1. The van der Waals surface area contributed by atoms with E-state index in [0.717, 1.165) is 86.3 Å². The fourth-order valence-corrected chi connectivity index (χ4v) is 7.17. The predicted octanol–water partition coefficient (Wildman–Crippen LogP) is 4.98. The van der Waals surface area contributed by atoms with E-state index in [1.54, 1.807) is 23.5 Å². The smallest absolute Gasteiger partial charge is 0.332 e. The lowest BCUT2D eigenvalue weighted by Crippen LogP contribution is -2.65. The number of hydrogen-bond acceptors (Lipinski definition) is 4. The maximum atomic E-state index is 13.8. The van der Waals surface area contributed by atoms with Crippen molar-refractivity contribution in [1.82, 2.24) is 4.90 Å². The van der Waals surface area contributed by atoms with Gasteiger partial charge in [0, 0.05) is 30.1 Å². The minimum Gasteiger partial charge on any atom is -0.454 e. The van der Waals surface area contributed by atoms with Crippen LogP contribution in [-0.2, 0) is 21.5 Å². The number of esters is 1. The molecule has 178 valence electrons. The summed E-state index contributed by atoms with van der Waals surface area (Å²) in [6.07, 6.45) is 6.59. The summed E-state index contributed by atoms with van der Waals surface area (Å²) in [7, 11) is 0. The monoisotopic (exact) mass is 471 g/mol. The Morgan fingerprint density at radius 2 is 1.97 bits per heavy atom. The molecule has 1 aromatic heterocycles. The molecule has 0 spiro atoms. The summed E-state index contributed by atoms with van der Waals surface area (Å²) < 4.78 is 21.0. The molecular weight excluding hydrogens is 435 g/mol. The van der Waals surface area contributed by atoms with Gasteiger partial charge in [-0.25, -0.2) is 9.18 Å². The minimum atomic E-state index is -0.701. The van der Waals surface area contributed by atoms with Crippen LogP contribution in [0, 0.1) is 11.7 Å². The van der Waals surface area contributed by atoms with Crippen molar-refractivity contribution < 1.29 is 18.4 Å². The zero-order chi connectivity index (χ0) is 22.9. The summed E-state index contributed by atoms with van der Waals surface area (Å²) in [5.41, 5.74) is 0.353. The maximum Gasteiger partial charge on any atom is 0.332 e. The van der Waals surface area contributed by atoms with Crippen LogP contribution in [0.2, 0.25) is 0 Å². The number of thiophene rings is 1. The van der Waals surface area contributed by atoms with Crippen LogP contribution in [0.1, 0.15) is 49.5 Å². The SMILES string of the molecule is CC(C(=O)O[C@H]1C[N+]2(CCc3cccc(F)c3)CCC1CC2)(c1cccs1)N1CCCCC1.